The number of rotatable bonds is 2. The molecule has 2 aliphatic carbocycles. The Hall–Kier alpha value is -1.35. The summed E-state index contributed by atoms with van der Waals surface area (Å²) in [7, 11) is 0. The fourth-order valence-corrected chi connectivity index (χ4v) is 4.03. The van der Waals surface area contributed by atoms with Gasteiger partial charge in [0.2, 0.25) is 5.91 Å². The summed E-state index contributed by atoms with van der Waals surface area (Å²) in [6.45, 7) is 0.831. The zero-order chi connectivity index (χ0) is 14.4. The molecule has 3 heteroatoms. The van der Waals surface area contributed by atoms with Gasteiger partial charge in [0.15, 0.2) is 0 Å². The average molecular weight is 285 g/mol. The van der Waals surface area contributed by atoms with Gasteiger partial charge in [-0.3, -0.25) is 4.79 Å². The van der Waals surface area contributed by atoms with Gasteiger partial charge in [0.05, 0.1) is 11.5 Å². The Morgan fingerprint density at radius 3 is 2.29 bits per heavy atom. The van der Waals surface area contributed by atoms with Gasteiger partial charge in [0.25, 0.3) is 0 Å². The van der Waals surface area contributed by atoms with E-state index in [1.165, 1.54) is 18.4 Å². The molecule has 21 heavy (non-hydrogen) atoms. The van der Waals surface area contributed by atoms with Crippen LogP contribution in [-0.2, 0) is 4.79 Å². The van der Waals surface area contributed by atoms with E-state index in [0.29, 0.717) is 0 Å². The molecule has 0 bridgehead atoms. The highest BCUT2D eigenvalue weighted by Crippen LogP contribution is 2.46. The van der Waals surface area contributed by atoms with Crippen molar-refractivity contribution in [1.29, 1.82) is 0 Å². The quantitative estimate of drug-likeness (QED) is 0.906. The van der Waals surface area contributed by atoms with Crippen molar-refractivity contribution >= 4 is 11.6 Å². The van der Waals surface area contributed by atoms with E-state index in [-0.39, 0.29) is 17.4 Å². The van der Waals surface area contributed by atoms with Crippen LogP contribution in [0, 0.1) is 5.41 Å². The van der Waals surface area contributed by atoms with Crippen molar-refractivity contribution in [1.82, 2.24) is 0 Å². The Bertz CT molecular complexity index is 539. The van der Waals surface area contributed by atoms with Crippen molar-refractivity contribution in [3.63, 3.8) is 0 Å². The number of anilines is 1. The number of aliphatic hydroxyl groups excluding tert-OH is 1. The van der Waals surface area contributed by atoms with Crippen LogP contribution in [0.3, 0.4) is 0 Å². The highest BCUT2D eigenvalue weighted by atomic mass is 16.3. The van der Waals surface area contributed by atoms with E-state index in [9.17, 15) is 9.90 Å². The molecular weight excluding hydrogens is 262 g/mol. The summed E-state index contributed by atoms with van der Waals surface area (Å²) in [5.74, 6) is 1.05. The van der Waals surface area contributed by atoms with Crippen molar-refractivity contribution in [2.75, 3.05) is 11.4 Å². The third-order valence-electron chi connectivity index (χ3n) is 5.68. The maximum absolute atomic E-state index is 12.9. The minimum absolute atomic E-state index is 0.186. The van der Waals surface area contributed by atoms with E-state index >= 15 is 0 Å². The van der Waals surface area contributed by atoms with Crippen LogP contribution in [0.2, 0.25) is 0 Å². The largest absolute Gasteiger partial charge is 0.393 e. The molecule has 3 aliphatic rings. The zero-order valence-electron chi connectivity index (χ0n) is 12.4. The first-order valence-corrected chi connectivity index (χ1v) is 8.28. The van der Waals surface area contributed by atoms with Gasteiger partial charge in [0, 0.05) is 12.2 Å². The minimum atomic E-state index is -0.199. The summed E-state index contributed by atoms with van der Waals surface area (Å²) in [5, 5.41) is 9.69. The molecule has 0 atom stereocenters. The number of carbonyl (C=O) groups is 1. The van der Waals surface area contributed by atoms with E-state index in [1.54, 1.807) is 0 Å². The number of hydrogen-bond acceptors (Lipinski definition) is 2. The minimum Gasteiger partial charge on any atom is -0.393 e. The van der Waals surface area contributed by atoms with Crippen molar-refractivity contribution in [3.8, 4) is 0 Å². The van der Waals surface area contributed by atoms with Gasteiger partial charge in [-0.05, 0) is 68.6 Å². The second-order valence-corrected chi connectivity index (χ2v) is 7.08. The smallest absolute Gasteiger partial charge is 0.233 e. The number of amides is 1. The van der Waals surface area contributed by atoms with E-state index < -0.39 is 0 Å². The molecule has 0 aromatic heterocycles. The standard InChI is InChI=1S/C18H23NO2/c20-16-7-9-18(10-8-16)11-12-19(17(18)21)15-5-3-14(4-6-15)13-1-2-13/h3-6,13,16,20H,1-2,7-12H2. The van der Waals surface area contributed by atoms with Gasteiger partial charge in [-0.2, -0.15) is 0 Å². The predicted octanol–water partition coefficient (Wildman–Crippen LogP) is 3.22. The lowest BCUT2D eigenvalue weighted by atomic mass is 9.72. The number of aliphatic hydroxyl groups is 1. The Kier molecular flexibility index (Phi) is 3.07. The summed E-state index contributed by atoms with van der Waals surface area (Å²) in [4.78, 5) is 14.8. The summed E-state index contributed by atoms with van der Waals surface area (Å²) in [5.41, 5.74) is 2.28. The van der Waals surface area contributed by atoms with Crippen LogP contribution in [-0.4, -0.2) is 23.7 Å². The molecule has 1 amide bonds. The van der Waals surface area contributed by atoms with Crippen LogP contribution in [0.15, 0.2) is 24.3 Å². The maximum atomic E-state index is 12.9. The van der Waals surface area contributed by atoms with Crippen molar-refractivity contribution in [2.45, 2.75) is 57.0 Å². The highest BCUT2D eigenvalue weighted by Gasteiger charge is 2.48. The summed E-state index contributed by atoms with van der Waals surface area (Å²) >= 11 is 0. The Morgan fingerprint density at radius 1 is 1.00 bits per heavy atom. The van der Waals surface area contributed by atoms with Crippen LogP contribution in [0.25, 0.3) is 0 Å². The van der Waals surface area contributed by atoms with Gasteiger partial charge in [0.1, 0.15) is 0 Å². The summed E-state index contributed by atoms with van der Waals surface area (Å²) in [6.07, 6.45) is 6.63. The molecule has 0 radical (unpaired) electrons. The van der Waals surface area contributed by atoms with Crippen molar-refractivity contribution in [3.05, 3.63) is 29.8 Å². The molecule has 3 fully saturated rings. The Morgan fingerprint density at radius 2 is 1.67 bits per heavy atom. The van der Waals surface area contributed by atoms with Crippen LogP contribution in [0.4, 0.5) is 5.69 Å². The topological polar surface area (TPSA) is 40.5 Å². The molecule has 1 heterocycles. The molecule has 1 aliphatic heterocycles. The van der Waals surface area contributed by atoms with Crippen LogP contribution < -0.4 is 4.90 Å². The van der Waals surface area contributed by atoms with E-state index in [2.05, 4.69) is 24.3 Å². The molecule has 1 saturated heterocycles. The third kappa shape index (κ3) is 2.28. The lowest BCUT2D eigenvalue weighted by molar-refractivity contribution is -0.128. The first-order chi connectivity index (χ1) is 10.2. The molecule has 2 saturated carbocycles. The van der Waals surface area contributed by atoms with E-state index in [1.807, 2.05) is 4.90 Å². The third-order valence-corrected chi connectivity index (χ3v) is 5.68. The molecule has 112 valence electrons. The number of carbonyl (C=O) groups excluding carboxylic acids is 1. The monoisotopic (exact) mass is 285 g/mol. The van der Waals surface area contributed by atoms with Crippen LogP contribution in [0.5, 0.6) is 0 Å². The molecule has 1 spiro atoms. The molecule has 4 rings (SSSR count). The van der Waals surface area contributed by atoms with E-state index in [4.69, 9.17) is 0 Å². The Labute approximate surface area is 126 Å². The van der Waals surface area contributed by atoms with Crippen molar-refractivity contribution in [2.24, 2.45) is 5.41 Å². The summed E-state index contributed by atoms with van der Waals surface area (Å²) < 4.78 is 0. The average Bonchev–Trinajstić information content (AvgIpc) is 3.30. The molecule has 1 N–H and O–H groups in total. The van der Waals surface area contributed by atoms with Crippen LogP contribution >= 0.6 is 0 Å². The molecular formula is C18H23NO2. The molecule has 1 aromatic rings. The van der Waals surface area contributed by atoms with E-state index in [0.717, 1.165) is 50.3 Å². The zero-order valence-corrected chi connectivity index (χ0v) is 12.4. The van der Waals surface area contributed by atoms with Gasteiger partial charge < -0.3 is 10.0 Å². The fourth-order valence-electron chi connectivity index (χ4n) is 4.03. The number of benzene rings is 1. The first-order valence-electron chi connectivity index (χ1n) is 8.28. The fraction of sp³-hybridized carbons (Fsp3) is 0.611. The van der Waals surface area contributed by atoms with Crippen molar-refractivity contribution < 1.29 is 9.90 Å². The van der Waals surface area contributed by atoms with Crippen LogP contribution in [0.1, 0.15) is 56.4 Å². The second kappa shape index (κ2) is 4.84. The number of nitrogens with zero attached hydrogens (tertiary/aromatic N) is 1. The number of hydrogen-bond donors (Lipinski definition) is 1. The molecule has 1 aromatic carbocycles. The van der Waals surface area contributed by atoms with Gasteiger partial charge in [-0.15, -0.1) is 0 Å². The lowest BCUT2D eigenvalue weighted by Crippen LogP contribution is -2.38. The predicted molar refractivity (Wildman–Crippen MR) is 82.3 cm³/mol. The Balaban J connectivity index is 1.52. The highest BCUT2D eigenvalue weighted by molar-refractivity contribution is 6.00. The molecule has 0 unspecified atom stereocenters. The molecule has 3 nitrogen and oxygen atoms in total. The van der Waals surface area contributed by atoms with Gasteiger partial charge >= 0.3 is 0 Å². The van der Waals surface area contributed by atoms with Gasteiger partial charge in [-0.1, -0.05) is 12.1 Å². The first kappa shape index (κ1) is 13.3. The second-order valence-electron chi connectivity index (χ2n) is 7.08. The summed E-state index contributed by atoms with van der Waals surface area (Å²) in [6, 6.07) is 8.61. The maximum Gasteiger partial charge on any atom is 0.233 e. The van der Waals surface area contributed by atoms with Gasteiger partial charge in [-0.25, -0.2) is 0 Å². The lowest BCUT2D eigenvalue weighted by Gasteiger charge is -2.33. The SMILES string of the molecule is O=C1N(c2ccc(C3CC3)cc2)CCC12CCC(O)CC2. The normalized spacial score (nSPS) is 32.9.